The average molecular weight is 401 g/mol. The molecule has 2 saturated heterocycles. The number of ether oxygens (including phenoxy) is 2. The van der Waals surface area contributed by atoms with E-state index in [0.717, 1.165) is 38.5 Å². The van der Waals surface area contributed by atoms with E-state index in [9.17, 15) is 9.59 Å². The van der Waals surface area contributed by atoms with Crippen LogP contribution in [0.15, 0.2) is 24.3 Å². The fourth-order valence-corrected chi connectivity index (χ4v) is 5.43. The van der Waals surface area contributed by atoms with Crippen LogP contribution in [-0.4, -0.2) is 67.3 Å². The van der Waals surface area contributed by atoms with Crippen molar-refractivity contribution in [1.29, 1.82) is 0 Å². The van der Waals surface area contributed by atoms with E-state index in [0.29, 0.717) is 25.4 Å². The summed E-state index contributed by atoms with van der Waals surface area (Å²) in [4.78, 5) is 30.2. The summed E-state index contributed by atoms with van der Waals surface area (Å²) in [6.07, 6.45) is 5.51. The van der Waals surface area contributed by atoms with Crippen molar-refractivity contribution in [3.8, 4) is 0 Å². The molecular weight excluding hydrogens is 368 g/mol. The lowest BCUT2D eigenvalue weighted by molar-refractivity contribution is -0.161. The van der Waals surface area contributed by atoms with Crippen molar-refractivity contribution in [3.63, 3.8) is 0 Å². The lowest BCUT2D eigenvalue weighted by Crippen LogP contribution is -2.52. The van der Waals surface area contributed by atoms with E-state index in [2.05, 4.69) is 24.3 Å². The molecule has 0 aromatic heterocycles. The number of hydrogen-bond donors (Lipinski definition) is 0. The normalized spacial score (nSPS) is 24.5. The highest BCUT2D eigenvalue weighted by molar-refractivity contribution is 5.88. The van der Waals surface area contributed by atoms with Crippen molar-refractivity contribution in [1.82, 2.24) is 9.80 Å². The molecule has 1 aromatic carbocycles. The Morgan fingerprint density at radius 3 is 2.28 bits per heavy atom. The van der Waals surface area contributed by atoms with Gasteiger partial charge in [-0.3, -0.25) is 9.59 Å². The highest BCUT2D eigenvalue weighted by Gasteiger charge is 2.42. The van der Waals surface area contributed by atoms with Gasteiger partial charge in [0.2, 0.25) is 11.8 Å². The summed E-state index contributed by atoms with van der Waals surface area (Å²) in [5.74, 6) is 0.541. The number of carbonyl (C=O) groups excluding carboxylic acids is 2. The lowest BCUT2D eigenvalue weighted by atomic mass is 10.0. The molecule has 2 amide bonds. The van der Waals surface area contributed by atoms with Crippen molar-refractivity contribution >= 4 is 11.8 Å². The maximum Gasteiger partial charge on any atom is 0.245 e. The predicted octanol–water partition coefficient (Wildman–Crippen LogP) is 2.39. The number of hydrogen-bond acceptors (Lipinski definition) is 4. The first kappa shape index (κ1) is 20.4. The number of rotatable bonds is 6. The van der Waals surface area contributed by atoms with E-state index in [1.807, 2.05) is 9.80 Å². The molecule has 0 radical (unpaired) electrons. The van der Waals surface area contributed by atoms with Gasteiger partial charge >= 0.3 is 0 Å². The first-order chi connectivity index (χ1) is 14.1. The molecule has 0 saturated carbocycles. The van der Waals surface area contributed by atoms with Crippen LogP contribution < -0.4 is 0 Å². The smallest absolute Gasteiger partial charge is 0.245 e. The van der Waals surface area contributed by atoms with Gasteiger partial charge in [-0.15, -0.1) is 0 Å². The van der Waals surface area contributed by atoms with Crippen molar-refractivity contribution in [2.75, 3.05) is 27.3 Å². The Morgan fingerprint density at radius 1 is 1.00 bits per heavy atom. The van der Waals surface area contributed by atoms with Gasteiger partial charge in [-0.1, -0.05) is 24.3 Å². The molecule has 2 heterocycles. The van der Waals surface area contributed by atoms with Crippen LogP contribution >= 0.6 is 0 Å². The first-order valence-electron chi connectivity index (χ1n) is 10.8. The number of fused-ring (bicyclic) bond motifs is 1. The van der Waals surface area contributed by atoms with Crippen LogP contribution in [0.2, 0.25) is 0 Å². The largest absolute Gasteiger partial charge is 0.354 e. The van der Waals surface area contributed by atoms with Crippen molar-refractivity contribution in [2.24, 2.45) is 5.92 Å². The van der Waals surface area contributed by atoms with E-state index in [1.165, 1.54) is 11.1 Å². The Labute approximate surface area is 173 Å². The van der Waals surface area contributed by atoms with E-state index in [-0.39, 0.29) is 23.9 Å². The molecule has 3 aliphatic rings. The third-order valence-electron chi connectivity index (χ3n) is 6.82. The summed E-state index contributed by atoms with van der Waals surface area (Å²) in [5.41, 5.74) is 2.73. The molecule has 1 aliphatic carbocycles. The Hall–Kier alpha value is -1.92. The second-order valence-corrected chi connectivity index (χ2v) is 8.57. The number of carbonyl (C=O) groups is 2. The second kappa shape index (κ2) is 8.84. The third kappa shape index (κ3) is 4.05. The monoisotopic (exact) mass is 400 g/mol. The Kier molecular flexibility index (Phi) is 6.20. The molecule has 29 heavy (non-hydrogen) atoms. The summed E-state index contributed by atoms with van der Waals surface area (Å²) >= 11 is 0. The van der Waals surface area contributed by atoms with Crippen LogP contribution in [0.5, 0.6) is 0 Å². The summed E-state index contributed by atoms with van der Waals surface area (Å²) < 4.78 is 10.8. The summed E-state index contributed by atoms with van der Waals surface area (Å²) in [6, 6.07) is 8.06. The number of likely N-dealkylation sites (tertiary alicyclic amines) is 2. The van der Waals surface area contributed by atoms with Gasteiger partial charge in [0, 0.05) is 33.7 Å². The van der Waals surface area contributed by atoms with Crippen LogP contribution in [0.25, 0.3) is 0 Å². The zero-order valence-electron chi connectivity index (χ0n) is 17.5. The summed E-state index contributed by atoms with van der Waals surface area (Å²) in [7, 11) is 3.22. The molecule has 158 valence electrons. The van der Waals surface area contributed by atoms with Crippen molar-refractivity contribution in [2.45, 2.75) is 63.3 Å². The molecule has 0 spiro atoms. The number of nitrogens with zero attached hydrogens (tertiary/aromatic N) is 2. The molecule has 0 N–H and O–H groups in total. The average Bonchev–Trinajstić information content (AvgIpc) is 3.47. The number of methoxy groups -OCH3 is 2. The van der Waals surface area contributed by atoms with Gasteiger partial charge in [0.05, 0.1) is 6.04 Å². The van der Waals surface area contributed by atoms with Gasteiger partial charge in [0.1, 0.15) is 6.04 Å². The Morgan fingerprint density at radius 2 is 1.62 bits per heavy atom. The van der Waals surface area contributed by atoms with Crippen LogP contribution in [0.1, 0.15) is 43.2 Å². The van der Waals surface area contributed by atoms with E-state index in [4.69, 9.17) is 9.47 Å². The van der Waals surface area contributed by atoms with Gasteiger partial charge in [-0.2, -0.15) is 0 Å². The molecule has 0 unspecified atom stereocenters. The first-order valence-corrected chi connectivity index (χ1v) is 10.8. The summed E-state index contributed by atoms with van der Waals surface area (Å²) in [6.45, 7) is 1.40. The van der Waals surface area contributed by atoms with Gasteiger partial charge in [-0.05, 0) is 55.6 Å². The SMILES string of the molecule is COC(OC)[C@@H]1CCCN1C(=O)[C@@H]1CCCN1C(=O)CC1Cc2ccccc2C1. The predicted molar refractivity (Wildman–Crippen MR) is 109 cm³/mol. The van der Waals surface area contributed by atoms with Crippen LogP contribution in [-0.2, 0) is 31.9 Å². The molecule has 1 aromatic rings. The molecular formula is C23H32N2O4. The maximum atomic E-state index is 13.3. The van der Waals surface area contributed by atoms with E-state index in [1.54, 1.807) is 14.2 Å². The molecule has 0 bridgehead atoms. The van der Waals surface area contributed by atoms with Gasteiger partial charge < -0.3 is 19.3 Å². The topological polar surface area (TPSA) is 59.1 Å². The zero-order chi connectivity index (χ0) is 20.4. The van der Waals surface area contributed by atoms with Crippen molar-refractivity contribution in [3.05, 3.63) is 35.4 Å². The Balaban J connectivity index is 1.39. The zero-order valence-corrected chi connectivity index (χ0v) is 17.5. The quantitative estimate of drug-likeness (QED) is 0.688. The van der Waals surface area contributed by atoms with Crippen LogP contribution in [0.3, 0.4) is 0 Å². The molecule has 4 rings (SSSR count). The molecule has 6 heteroatoms. The van der Waals surface area contributed by atoms with E-state index < -0.39 is 6.29 Å². The second-order valence-electron chi connectivity index (χ2n) is 8.57. The minimum Gasteiger partial charge on any atom is -0.354 e. The van der Waals surface area contributed by atoms with Gasteiger partial charge in [-0.25, -0.2) is 0 Å². The van der Waals surface area contributed by atoms with E-state index >= 15 is 0 Å². The lowest BCUT2D eigenvalue weighted by Gasteiger charge is -2.34. The van der Waals surface area contributed by atoms with Gasteiger partial charge in [0.25, 0.3) is 0 Å². The molecule has 2 atom stereocenters. The molecule has 2 fully saturated rings. The molecule has 6 nitrogen and oxygen atoms in total. The van der Waals surface area contributed by atoms with Gasteiger partial charge in [0.15, 0.2) is 6.29 Å². The van der Waals surface area contributed by atoms with Crippen molar-refractivity contribution < 1.29 is 19.1 Å². The minimum absolute atomic E-state index is 0.0622. The summed E-state index contributed by atoms with van der Waals surface area (Å²) in [5, 5.41) is 0. The Bertz CT molecular complexity index is 723. The fourth-order valence-electron chi connectivity index (χ4n) is 5.43. The number of amides is 2. The minimum atomic E-state index is -0.413. The highest BCUT2D eigenvalue weighted by atomic mass is 16.7. The molecule has 2 aliphatic heterocycles. The fraction of sp³-hybridized carbons (Fsp3) is 0.652. The number of benzene rings is 1. The standard InChI is InChI=1S/C23H32N2O4/c1-28-23(29-2)20-10-6-12-25(20)22(27)19-9-5-11-24(19)21(26)15-16-13-17-7-3-4-8-18(17)14-16/h3-4,7-8,16,19-20,23H,5-6,9-15H2,1-2H3/t19-,20-/m0/s1. The van der Waals surface area contributed by atoms with Crippen LogP contribution in [0.4, 0.5) is 0 Å². The third-order valence-corrected chi connectivity index (χ3v) is 6.82. The maximum absolute atomic E-state index is 13.3. The van der Waals surface area contributed by atoms with Crippen LogP contribution in [0, 0.1) is 5.92 Å². The highest BCUT2D eigenvalue weighted by Crippen LogP contribution is 2.31.